The second-order valence-electron chi connectivity index (χ2n) is 6.54. The fraction of sp³-hybridized carbons (Fsp3) is 0.733. The molecule has 3 N–H and O–H groups in total. The minimum absolute atomic E-state index is 0.0811. The molecule has 0 spiro atoms. The van der Waals surface area contributed by atoms with E-state index >= 15 is 0 Å². The zero-order chi connectivity index (χ0) is 16.2. The molecule has 2 atom stereocenters. The molecule has 0 saturated carbocycles. The molecule has 0 bridgehead atoms. The van der Waals surface area contributed by atoms with Gasteiger partial charge in [0.25, 0.3) is 0 Å². The summed E-state index contributed by atoms with van der Waals surface area (Å²) in [6, 6.07) is -0.348. The van der Waals surface area contributed by atoms with Crippen molar-refractivity contribution in [3.8, 4) is 0 Å². The number of rotatable bonds is 5. The van der Waals surface area contributed by atoms with Gasteiger partial charge in [-0.2, -0.15) is 5.10 Å². The topological polar surface area (TPSA) is 79.2 Å². The van der Waals surface area contributed by atoms with Crippen LogP contribution in [0.25, 0.3) is 0 Å². The first-order valence-corrected chi connectivity index (χ1v) is 7.40. The Morgan fingerprint density at radius 1 is 1.43 bits per heavy atom. The van der Waals surface area contributed by atoms with Crippen LogP contribution in [-0.2, 0) is 5.54 Å². The molecule has 6 nitrogen and oxygen atoms in total. The minimum Gasteiger partial charge on any atom is -0.393 e. The molecule has 2 amide bonds. The molecule has 6 heteroatoms. The summed E-state index contributed by atoms with van der Waals surface area (Å²) in [5.41, 5.74) is 1.85. The summed E-state index contributed by atoms with van der Waals surface area (Å²) in [4.78, 5) is 11.8. The van der Waals surface area contributed by atoms with E-state index in [-0.39, 0.29) is 17.6 Å². The van der Waals surface area contributed by atoms with Crippen LogP contribution in [0.1, 0.15) is 58.3 Å². The number of hydrogen-bond donors (Lipinski definition) is 3. The number of carbonyl (C=O) groups is 1. The number of aliphatic hydroxyl groups is 1. The summed E-state index contributed by atoms with van der Waals surface area (Å²) in [6.07, 6.45) is 2.12. The quantitative estimate of drug-likeness (QED) is 0.778. The molecule has 1 heterocycles. The minimum atomic E-state index is -0.407. The van der Waals surface area contributed by atoms with Crippen LogP contribution in [0.4, 0.5) is 4.79 Å². The van der Waals surface area contributed by atoms with Crippen LogP contribution in [0, 0.1) is 6.92 Å². The SMILES string of the molecule is Cc1nn(C(C)(C)C)cc1C(C)NC(=O)NCCC(C)O. The van der Waals surface area contributed by atoms with Crippen molar-refractivity contribution in [2.75, 3.05) is 6.54 Å². The van der Waals surface area contributed by atoms with Crippen LogP contribution in [-0.4, -0.2) is 33.6 Å². The highest BCUT2D eigenvalue weighted by atomic mass is 16.3. The molecule has 1 rings (SSSR count). The van der Waals surface area contributed by atoms with E-state index in [1.165, 1.54) is 0 Å². The van der Waals surface area contributed by atoms with E-state index in [2.05, 4.69) is 36.5 Å². The van der Waals surface area contributed by atoms with E-state index in [1.807, 2.05) is 24.7 Å². The van der Waals surface area contributed by atoms with Crippen LogP contribution in [0.3, 0.4) is 0 Å². The molecular weight excluding hydrogens is 268 g/mol. The van der Waals surface area contributed by atoms with E-state index in [0.29, 0.717) is 13.0 Å². The maximum atomic E-state index is 11.8. The summed E-state index contributed by atoms with van der Waals surface area (Å²) in [6.45, 7) is 12.3. The van der Waals surface area contributed by atoms with Crippen molar-refractivity contribution in [1.82, 2.24) is 20.4 Å². The third-order valence-electron chi connectivity index (χ3n) is 3.29. The summed E-state index contributed by atoms with van der Waals surface area (Å²) in [5.74, 6) is 0. The molecule has 0 fully saturated rings. The number of carbonyl (C=O) groups excluding carboxylic acids is 1. The smallest absolute Gasteiger partial charge is 0.315 e. The zero-order valence-electron chi connectivity index (χ0n) is 13.9. The third kappa shape index (κ3) is 5.38. The summed E-state index contributed by atoms with van der Waals surface area (Å²) in [7, 11) is 0. The van der Waals surface area contributed by atoms with Gasteiger partial charge in [-0.15, -0.1) is 0 Å². The van der Waals surface area contributed by atoms with Crippen LogP contribution in [0.15, 0.2) is 6.20 Å². The molecule has 1 aromatic heterocycles. The van der Waals surface area contributed by atoms with E-state index in [9.17, 15) is 4.79 Å². The lowest BCUT2D eigenvalue weighted by molar-refractivity contribution is 0.183. The van der Waals surface area contributed by atoms with Crippen molar-refractivity contribution in [1.29, 1.82) is 0 Å². The second-order valence-corrected chi connectivity index (χ2v) is 6.54. The maximum absolute atomic E-state index is 11.8. The average molecular weight is 296 g/mol. The molecule has 0 aliphatic carbocycles. The highest BCUT2D eigenvalue weighted by Crippen LogP contribution is 2.20. The lowest BCUT2D eigenvalue weighted by atomic mass is 10.1. The van der Waals surface area contributed by atoms with Gasteiger partial charge in [0.15, 0.2) is 0 Å². The van der Waals surface area contributed by atoms with Crippen molar-refractivity contribution >= 4 is 6.03 Å². The Morgan fingerprint density at radius 3 is 2.52 bits per heavy atom. The van der Waals surface area contributed by atoms with Crippen molar-refractivity contribution in [2.45, 2.75) is 65.6 Å². The van der Waals surface area contributed by atoms with Crippen molar-refractivity contribution in [3.05, 3.63) is 17.5 Å². The van der Waals surface area contributed by atoms with Gasteiger partial charge < -0.3 is 15.7 Å². The number of aliphatic hydroxyl groups excluding tert-OH is 1. The number of aromatic nitrogens is 2. The molecule has 0 saturated heterocycles. The first kappa shape index (κ1) is 17.5. The van der Waals surface area contributed by atoms with Crippen LogP contribution in [0.5, 0.6) is 0 Å². The van der Waals surface area contributed by atoms with Gasteiger partial charge in [0.1, 0.15) is 0 Å². The molecule has 0 radical (unpaired) electrons. The maximum Gasteiger partial charge on any atom is 0.315 e. The van der Waals surface area contributed by atoms with Crippen LogP contribution >= 0.6 is 0 Å². The van der Waals surface area contributed by atoms with E-state index in [1.54, 1.807) is 6.92 Å². The molecule has 120 valence electrons. The summed E-state index contributed by atoms with van der Waals surface area (Å²) < 4.78 is 1.92. The standard InChI is InChI=1S/C15H28N4O2/c1-10(20)7-8-16-14(21)17-11(2)13-9-19(15(4,5)6)18-12(13)3/h9-11,20H,7-8H2,1-6H3,(H2,16,17,21). The predicted octanol–water partition coefficient (Wildman–Crippen LogP) is 2.08. The van der Waals surface area contributed by atoms with Gasteiger partial charge >= 0.3 is 6.03 Å². The fourth-order valence-corrected chi connectivity index (χ4v) is 1.96. The molecule has 2 unspecified atom stereocenters. The first-order valence-electron chi connectivity index (χ1n) is 7.40. The highest BCUT2D eigenvalue weighted by Gasteiger charge is 2.20. The number of urea groups is 1. The number of nitrogens with zero attached hydrogens (tertiary/aromatic N) is 2. The second kappa shape index (κ2) is 6.93. The van der Waals surface area contributed by atoms with Gasteiger partial charge in [-0.05, 0) is 48.0 Å². The van der Waals surface area contributed by atoms with Gasteiger partial charge in [0.2, 0.25) is 0 Å². The molecule has 21 heavy (non-hydrogen) atoms. The van der Waals surface area contributed by atoms with Gasteiger partial charge in [0, 0.05) is 18.3 Å². The Hall–Kier alpha value is -1.56. The predicted molar refractivity (Wildman–Crippen MR) is 83.2 cm³/mol. The first-order chi connectivity index (χ1) is 9.61. The molecule has 0 aromatic carbocycles. The number of nitrogens with one attached hydrogen (secondary N) is 2. The number of hydrogen-bond acceptors (Lipinski definition) is 3. The van der Waals surface area contributed by atoms with E-state index in [0.717, 1.165) is 11.3 Å². The normalized spacial score (nSPS) is 14.6. The molecule has 0 aliphatic heterocycles. The Morgan fingerprint density at radius 2 is 2.05 bits per heavy atom. The molecule has 0 aliphatic rings. The summed E-state index contributed by atoms with van der Waals surface area (Å²) >= 11 is 0. The lowest BCUT2D eigenvalue weighted by Crippen LogP contribution is -2.38. The van der Waals surface area contributed by atoms with Gasteiger partial charge in [-0.1, -0.05) is 0 Å². The Bertz CT molecular complexity index is 475. The van der Waals surface area contributed by atoms with Crippen LogP contribution < -0.4 is 10.6 Å². The van der Waals surface area contributed by atoms with Gasteiger partial charge in [-0.25, -0.2) is 4.79 Å². The van der Waals surface area contributed by atoms with Gasteiger partial charge in [-0.3, -0.25) is 4.68 Å². The zero-order valence-corrected chi connectivity index (χ0v) is 13.9. The van der Waals surface area contributed by atoms with Crippen LogP contribution in [0.2, 0.25) is 0 Å². The summed E-state index contributed by atoms with van der Waals surface area (Å²) in [5, 5.41) is 19.3. The van der Waals surface area contributed by atoms with E-state index < -0.39 is 6.10 Å². The van der Waals surface area contributed by atoms with Crippen molar-refractivity contribution in [2.24, 2.45) is 0 Å². The largest absolute Gasteiger partial charge is 0.393 e. The van der Waals surface area contributed by atoms with Gasteiger partial charge in [0.05, 0.1) is 23.4 Å². The molecular formula is C15H28N4O2. The monoisotopic (exact) mass is 296 g/mol. The lowest BCUT2D eigenvalue weighted by Gasteiger charge is -2.19. The third-order valence-corrected chi connectivity index (χ3v) is 3.29. The average Bonchev–Trinajstić information content (AvgIpc) is 2.70. The Kier molecular flexibility index (Phi) is 5.78. The Labute approximate surface area is 126 Å². The number of aryl methyl sites for hydroxylation is 1. The fourth-order valence-electron chi connectivity index (χ4n) is 1.96. The van der Waals surface area contributed by atoms with Crippen molar-refractivity contribution < 1.29 is 9.90 Å². The van der Waals surface area contributed by atoms with Crippen molar-refractivity contribution in [3.63, 3.8) is 0 Å². The Balaban J connectivity index is 2.61. The highest BCUT2D eigenvalue weighted by molar-refractivity contribution is 5.74. The number of amides is 2. The molecule has 1 aromatic rings. The van der Waals surface area contributed by atoms with E-state index in [4.69, 9.17) is 5.11 Å².